The van der Waals surface area contributed by atoms with Crippen LogP contribution in [0.2, 0.25) is 0 Å². The van der Waals surface area contributed by atoms with E-state index in [-0.39, 0.29) is 0 Å². The summed E-state index contributed by atoms with van der Waals surface area (Å²) < 4.78 is 1.20. The molecule has 0 saturated carbocycles. The molecule has 0 fully saturated rings. The Balaban J connectivity index is 1.91. The normalized spacial score (nSPS) is 20.2. The fraction of sp³-hybridized carbons (Fsp3) is 0.647. The van der Waals surface area contributed by atoms with Gasteiger partial charge in [0.05, 0.1) is 0 Å². The van der Waals surface area contributed by atoms with E-state index in [1.165, 1.54) is 34.9 Å². The highest BCUT2D eigenvalue weighted by Crippen LogP contribution is 2.25. The number of rotatable bonds is 5. The van der Waals surface area contributed by atoms with Gasteiger partial charge in [0.1, 0.15) is 0 Å². The second-order valence-corrected chi connectivity index (χ2v) is 7.45. The minimum absolute atomic E-state index is 0.612. The van der Waals surface area contributed by atoms with Crippen molar-refractivity contribution in [3.05, 3.63) is 33.8 Å². The lowest BCUT2D eigenvalue weighted by molar-refractivity contribution is 0.216. The van der Waals surface area contributed by atoms with Crippen molar-refractivity contribution >= 4 is 15.9 Å². The van der Waals surface area contributed by atoms with Crippen LogP contribution >= 0.6 is 15.9 Å². The van der Waals surface area contributed by atoms with Crippen molar-refractivity contribution in [3.8, 4) is 0 Å². The Morgan fingerprint density at radius 2 is 2.05 bits per heavy atom. The van der Waals surface area contributed by atoms with Crippen LogP contribution in [0.4, 0.5) is 0 Å². The fourth-order valence-electron chi connectivity index (χ4n) is 3.20. The SMILES string of the molecule is CC(C)C(CNC1CCc2cc(Br)ccc2C1)N(C)C. The smallest absolute Gasteiger partial charge is 0.0237 e. The van der Waals surface area contributed by atoms with E-state index < -0.39 is 0 Å². The van der Waals surface area contributed by atoms with Gasteiger partial charge in [-0.15, -0.1) is 0 Å². The largest absolute Gasteiger partial charge is 0.312 e. The van der Waals surface area contributed by atoms with E-state index in [9.17, 15) is 0 Å². The Morgan fingerprint density at radius 1 is 1.30 bits per heavy atom. The molecule has 0 bridgehead atoms. The van der Waals surface area contributed by atoms with Crippen molar-refractivity contribution in [2.45, 2.75) is 45.2 Å². The van der Waals surface area contributed by atoms with Gasteiger partial charge in [-0.1, -0.05) is 35.8 Å². The number of hydrogen-bond acceptors (Lipinski definition) is 2. The molecule has 0 aliphatic heterocycles. The quantitative estimate of drug-likeness (QED) is 0.884. The molecule has 1 N–H and O–H groups in total. The number of nitrogens with zero attached hydrogens (tertiary/aromatic N) is 1. The van der Waals surface area contributed by atoms with E-state index in [0.29, 0.717) is 18.0 Å². The summed E-state index contributed by atoms with van der Waals surface area (Å²) in [6.45, 7) is 5.70. The molecule has 0 amide bonds. The molecule has 1 aliphatic rings. The molecule has 1 aliphatic carbocycles. The molecule has 1 aromatic rings. The number of hydrogen-bond donors (Lipinski definition) is 1. The average Bonchev–Trinajstić information content (AvgIpc) is 2.38. The number of nitrogens with one attached hydrogen (secondary N) is 1. The minimum Gasteiger partial charge on any atom is -0.312 e. The van der Waals surface area contributed by atoms with Gasteiger partial charge in [0, 0.05) is 23.1 Å². The van der Waals surface area contributed by atoms with Gasteiger partial charge in [-0.05, 0) is 62.5 Å². The van der Waals surface area contributed by atoms with Crippen molar-refractivity contribution in [1.82, 2.24) is 10.2 Å². The molecular weight excluding hydrogens is 312 g/mol. The molecule has 0 spiro atoms. The lowest BCUT2D eigenvalue weighted by Gasteiger charge is -2.32. The first kappa shape index (κ1) is 16.0. The van der Waals surface area contributed by atoms with Crippen LogP contribution in [-0.4, -0.2) is 37.6 Å². The van der Waals surface area contributed by atoms with E-state index in [1.54, 1.807) is 0 Å². The second kappa shape index (κ2) is 7.06. The Labute approximate surface area is 132 Å². The number of halogens is 1. The maximum atomic E-state index is 3.79. The van der Waals surface area contributed by atoms with E-state index >= 15 is 0 Å². The van der Waals surface area contributed by atoms with Crippen LogP contribution in [0.15, 0.2) is 22.7 Å². The lowest BCUT2D eigenvalue weighted by Crippen LogP contribution is -2.46. The summed E-state index contributed by atoms with van der Waals surface area (Å²) >= 11 is 3.57. The predicted octanol–water partition coefficient (Wildman–Crippen LogP) is 3.48. The number of aryl methyl sites for hydroxylation is 1. The predicted molar refractivity (Wildman–Crippen MR) is 90.3 cm³/mol. The topological polar surface area (TPSA) is 15.3 Å². The summed E-state index contributed by atoms with van der Waals surface area (Å²) in [6, 6.07) is 7.96. The zero-order valence-electron chi connectivity index (χ0n) is 13.1. The maximum absolute atomic E-state index is 3.79. The number of likely N-dealkylation sites (N-methyl/N-ethyl adjacent to an activating group) is 1. The van der Waals surface area contributed by atoms with Crippen LogP contribution in [0.5, 0.6) is 0 Å². The molecule has 3 heteroatoms. The third kappa shape index (κ3) is 4.06. The second-order valence-electron chi connectivity index (χ2n) is 6.54. The Morgan fingerprint density at radius 3 is 2.70 bits per heavy atom. The number of benzene rings is 1. The van der Waals surface area contributed by atoms with E-state index in [4.69, 9.17) is 0 Å². The van der Waals surface area contributed by atoms with Crippen molar-refractivity contribution in [1.29, 1.82) is 0 Å². The Kier molecular flexibility index (Phi) is 5.65. The van der Waals surface area contributed by atoms with Crippen LogP contribution in [0.25, 0.3) is 0 Å². The molecule has 0 heterocycles. The molecule has 2 rings (SSSR count). The first-order chi connectivity index (χ1) is 9.47. The monoisotopic (exact) mass is 338 g/mol. The zero-order chi connectivity index (χ0) is 14.7. The highest BCUT2D eigenvalue weighted by molar-refractivity contribution is 9.10. The summed E-state index contributed by atoms with van der Waals surface area (Å²) in [6.07, 6.45) is 3.61. The molecule has 0 saturated heterocycles. The standard InChI is InChI=1S/C17H27BrN2/c1-12(2)17(20(3)4)11-19-16-8-6-13-9-15(18)7-5-14(13)10-16/h5,7,9,12,16-17,19H,6,8,10-11H2,1-4H3. The van der Waals surface area contributed by atoms with Gasteiger partial charge >= 0.3 is 0 Å². The summed E-state index contributed by atoms with van der Waals surface area (Å²) in [7, 11) is 4.36. The van der Waals surface area contributed by atoms with Crippen molar-refractivity contribution in [3.63, 3.8) is 0 Å². The van der Waals surface area contributed by atoms with Crippen LogP contribution in [0.3, 0.4) is 0 Å². The van der Waals surface area contributed by atoms with Crippen LogP contribution < -0.4 is 5.32 Å². The van der Waals surface area contributed by atoms with Crippen molar-refractivity contribution in [2.75, 3.05) is 20.6 Å². The minimum atomic E-state index is 0.612. The molecular formula is C17H27BrN2. The molecule has 2 unspecified atom stereocenters. The van der Waals surface area contributed by atoms with Crippen molar-refractivity contribution in [2.24, 2.45) is 5.92 Å². The van der Waals surface area contributed by atoms with Gasteiger partial charge in [0.25, 0.3) is 0 Å². The molecule has 112 valence electrons. The van der Waals surface area contributed by atoms with Gasteiger partial charge < -0.3 is 10.2 Å². The van der Waals surface area contributed by atoms with Crippen molar-refractivity contribution < 1.29 is 0 Å². The third-order valence-corrected chi connectivity index (χ3v) is 4.94. The average molecular weight is 339 g/mol. The zero-order valence-corrected chi connectivity index (χ0v) is 14.7. The molecule has 20 heavy (non-hydrogen) atoms. The molecule has 2 atom stereocenters. The highest BCUT2D eigenvalue weighted by atomic mass is 79.9. The lowest BCUT2D eigenvalue weighted by atomic mass is 9.88. The first-order valence-corrected chi connectivity index (χ1v) is 8.43. The summed E-state index contributed by atoms with van der Waals surface area (Å²) in [4.78, 5) is 2.34. The van der Waals surface area contributed by atoms with E-state index in [0.717, 1.165) is 6.54 Å². The van der Waals surface area contributed by atoms with Gasteiger partial charge in [-0.25, -0.2) is 0 Å². The molecule has 0 aromatic heterocycles. The molecule has 1 aromatic carbocycles. The van der Waals surface area contributed by atoms with Crippen LogP contribution in [-0.2, 0) is 12.8 Å². The first-order valence-electron chi connectivity index (χ1n) is 7.64. The number of fused-ring (bicyclic) bond motifs is 1. The maximum Gasteiger partial charge on any atom is 0.0237 e. The fourth-order valence-corrected chi connectivity index (χ4v) is 3.61. The van der Waals surface area contributed by atoms with Gasteiger partial charge in [0.2, 0.25) is 0 Å². The Bertz CT molecular complexity index is 435. The third-order valence-electron chi connectivity index (χ3n) is 4.45. The Hall–Kier alpha value is -0.380. The van der Waals surface area contributed by atoms with Gasteiger partial charge in [0.15, 0.2) is 0 Å². The summed E-state index contributed by atoms with van der Waals surface area (Å²) in [5.41, 5.74) is 3.04. The van der Waals surface area contributed by atoms with Crippen LogP contribution in [0.1, 0.15) is 31.4 Å². The molecule has 2 nitrogen and oxygen atoms in total. The van der Waals surface area contributed by atoms with Gasteiger partial charge in [-0.2, -0.15) is 0 Å². The van der Waals surface area contributed by atoms with E-state index in [2.05, 4.69) is 72.3 Å². The van der Waals surface area contributed by atoms with Crippen LogP contribution in [0, 0.1) is 5.92 Å². The highest BCUT2D eigenvalue weighted by Gasteiger charge is 2.21. The van der Waals surface area contributed by atoms with Gasteiger partial charge in [-0.3, -0.25) is 0 Å². The molecule has 0 radical (unpaired) electrons. The summed E-state index contributed by atoms with van der Waals surface area (Å²) in [5.74, 6) is 0.685. The van der Waals surface area contributed by atoms with E-state index in [1.807, 2.05) is 0 Å². The summed E-state index contributed by atoms with van der Waals surface area (Å²) in [5, 5.41) is 3.79.